The molecule has 0 aliphatic heterocycles. The van der Waals surface area contributed by atoms with Crippen LogP contribution in [-0.4, -0.2) is 18.4 Å². The van der Waals surface area contributed by atoms with Crippen molar-refractivity contribution in [3.8, 4) is 0 Å². The van der Waals surface area contributed by atoms with Gasteiger partial charge in [-0.25, -0.2) is 0 Å². The number of rotatable bonds is 4. The molecule has 1 atom stereocenters. The number of hydrogen-bond donors (Lipinski definition) is 2. The van der Waals surface area contributed by atoms with E-state index in [9.17, 15) is 9.59 Å². The van der Waals surface area contributed by atoms with E-state index in [1.165, 1.54) is 11.1 Å². The molecule has 2 N–H and O–H groups in total. The van der Waals surface area contributed by atoms with Crippen molar-refractivity contribution in [1.82, 2.24) is 10.6 Å². The molecule has 124 valence electrons. The van der Waals surface area contributed by atoms with Crippen LogP contribution in [0.1, 0.15) is 40.4 Å². The molecule has 5 heteroatoms. The molecule has 1 aliphatic carbocycles. The molecule has 24 heavy (non-hydrogen) atoms. The molecule has 2 aromatic carbocycles. The molecular weight excluding hydrogens is 324 g/mol. The fraction of sp³-hybridized carbons (Fsp3) is 0.263. The van der Waals surface area contributed by atoms with Gasteiger partial charge in [0.05, 0.1) is 23.2 Å². The van der Waals surface area contributed by atoms with E-state index >= 15 is 0 Å². The Morgan fingerprint density at radius 1 is 1.08 bits per heavy atom. The SMILES string of the molecule is O=C(CNC(=O)c1ccccc1Cl)N[C@H]1CCCc2ccccc21. The number of carbonyl (C=O) groups excluding carboxylic acids is 2. The maximum absolute atomic E-state index is 12.2. The first-order valence-corrected chi connectivity index (χ1v) is 8.43. The topological polar surface area (TPSA) is 58.2 Å². The van der Waals surface area contributed by atoms with Crippen molar-refractivity contribution in [2.75, 3.05) is 6.54 Å². The Kier molecular flexibility index (Phi) is 5.16. The van der Waals surface area contributed by atoms with E-state index < -0.39 is 0 Å². The highest BCUT2D eigenvalue weighted by molar-refractivity contribution is 6.33. The summed E-state index contributed by atoms with van der Waals surface area (Å²) in [4.78, 5) is 24.3. The third-order valence-electron chi connectivity index (χ3n) is 4.23. The van der Waals surface area contributed by atoms with E-state index in [0.717, 1.165) is 19.3 Å². The number of aryl methyl sites for hydroxylation is 1. The minimum absolute atomic E-state index is 0.0136. The summed E-state index contributed by atoms with van der Waals surface area (Å²) < 4.78 is 0. The average molecular weight is 343 g/mol. The smallest absolute Gasteiger partial charge is 0.253 e. The Bertz CT molecular complexity index is 761. The fourth-order valence-corrected chi connectivity index (χ4v) is 3.27. The molecule has 0 saturated heterocycles. The number of hydrogen-bond acceptors (Lipinski definition) is 2. The summed E-state index contributed by atoms with van der Waals surface area (Å²) in [5.41, 5.74) is 2.83. The Balaban J connectivity index is 1.57. The number of carbonyl (C=O) groups is 2. The van der Waals surface area contributed by atoms with Gasteiger partial charge in [-0.3, -0.25) is 9.59 Å². The highest BCUT2D eigenvalue weighted by Crippen LogP contribution is 2.29. The average Bonchev–Trinajstić information content (AvgIpc) is 2.60. The number of benzene rings is 2. The molecular formula is C19H19ClN2O2. The first-order valence-electron chi connectivity index (χ1n) is 8.05. The Morgan fingerprint density at radius 2 is 1.83 bits per heavy atom. The van der Waals surface area contributed by atoms with E-state index in [-0.39, 0.29) is 24.4 Å². The van der Waals surface area contributed by atoms with E-state index in [2.05, 4.69) is 22.8 Å². The van der Waals surface area contributed by atoms with Gasteiger partial charge in [0.15, 0.2) is 0 Å². The van der Waals surface area contributed by atoms with Crippen molar-refractivity contribution in [2.24, 2.45) is 0 Å². The minimum atomic E-state index is -0.347. The summed E-state index contributed by atoms with van der Waals surface area (Å²) in [5.74, 6) is -0.545. The van der Waals surface area contributed by atoms with Crippen LogP contribution in [0.15, 0.2) is 48.5 Å². The minimum Gasteiger partial charge on any atom is -0.348 e. The van der Waals surface area contributed by atoms with Crippen LogP contribution >= 0.6 is 11.6 Å². The molecule has 0 radical (unpaired) electrons. The zero-order chi connectivity index (χ0) is 16.9. The lowest BCUT2D eigenvalue weighted by molar-refractivity contribution is -0.121. The second kappa shape index (κ2) is 7.49. The van der Waals surface area contributed by atoms with Gasteiger partial charge in [-0.15, -0.1) is 0 Å². The summed E-state index contributed by atoms with van der Waals surface area (Å²) in [6.07, 6.45) is 3.01. The molecule has 0 aromatic heterocycles. The molecule has 0 saturated carbocycles. The lowest BCUT2D eigenvalue weighted by atomic mass is 9.88. The van der Waals surface area contributed by atoms with Gasteiger partial charge in [0, 0.05) is 0 Å². The fourth-order valence-electron chi connectivity index (χ4n) is 3.05. The van der Waals surface area contributed by atoms with Crippen LogP contribution in [0.5, 0.6) is 0 Å². The highest BCUT2D eigenvalue weighted by atomic mass is 35.5. The Labute approximate surface area is 146 Å². The summed E-state index contributed by atoms with van der Waals surface area (Å²) in [6.45, 7) is -0.0667. The van der Waals surface area contributed by atoms with Crippen LogP contribution in [0.4, 0.5) is 0 Å². The van der Waals surface area contributed by atoms with Crippen molar-refractivity contribution in [1.29, 1.82) is 0 Å². The second-order valence-corrected chi connectivity index (χ2v) is 6.28. The lowest BCUT2D eigenvalue weighted by Gasteiger charge is -2.26. The van der Waals surface area contributed by atoms with Gasteiger partial charge in [0.1, 0.15) is 0 Å². The molecule has 2 aromatic rings. The van der Waals surface area contributed by atoms with Gasteiger partial charge in [0.2, 0.25) is 5.91 Å². The molecule has 1 aliphatic rings. The molecule has 4 nitrogen and oxygen atoms in total. The normalized spacial score (nSPS) is 16.1. The zero-order valence-corrected chi connectivity index (χ0v) is 14.0. The molecule has 0 unspecified atom stereocenters. The molecule has 0 bridgehead atoms. The Hall–Kier alpha value is -2.33. The molecule has 0 spiro atoms. The van der Waals surface area contributed by atoms with Crippen molar-refractivity contribution >= 4 is 23.4 Å². The number of fused-ring (bicyclic) bond motifs is 1. The summed E-state index contributed by atoms with van der Waals surface area (Å²) in [7, 11) is 0. The van der Waals surface area contributed by atoms with Crippen LogP contribution in [0, 0.1) is 0 Å². The predicted molar refractivity (Wildman–Crippen MR) is 94.0 cm³/mol. The van der Waals surface area contributed by atoms with Crippen molar-refractivity contribution in [2.45, 2.75) is 25.3 Å². The van der Waals surface area contributed by atoms with E-state index in [1.54, 1.807) is 24.3 Å². The highest BCUT2D eigenvalue weighted by Gasteiger charge is 2.21. The maximum atomic E-state index is 12.2. The third kappa shape index (κ3) is 3.77. The van der Waals surface area contributed by atoms with Gasteiger partial charge in [-0.2, -0.15) is 0 Å². The second-order valence-electron chi connectivity index (χ2n) is 5.87. The van der Waals surface area contributed by atoms with Crippen molar-refractivity contribution in [3.05, 3.63) is 70.2 Å². The van der Waals surface area contributed by atoms with Crippen LogP contribution in [0.2, 0.25) is 5.02 Å². The van der Waals surface area contributed by atoms with Gasteiger partial charge < -0.3 is 10.6 Å². The largest absolute Gasteiger partial charge is 0.348 e. The molecule has 2 amide bonds. The lowest BCUT2D eigenvalue weighted by Crippen LogP contribution is -2.39. The first kappa shape index (κ1) is 16.5. The van der Waals surface area contributed by atoms with E-state index in [0.29, 0.717) is 10.6 Å². The van der Waals surface area contributed by atoms with Crippen molar-refractivity contribution in [3.63, 3.8) is 0 Å². The van der Waals surface area contributed by atoms with Gasteiger partial charge in [-0.05, 0) is 42.5 Å². The number of nitrogens with one attached hydrogen (secondary N) is 2. The Morgan fingerprint density at radius 3 is 2.67 bits per heavy atom. The van der Waals surface area contributed by atoms with Crippen molar-refractivity contribution < 1.29 is 9.59 Å². The third-order valence-corrected chi connectivity index (χ3v) is 4.56. The molecule has 0 heterocycles. The van der Waals surface area contributed by atoms with Gasteiger partial charge in [-0.1, -0.05) is 48.0 Å². The summed E-state index contributed by atoms with van der Waals surface area (Å²) in [6, 6.07) is 15.0. The first-order chi connectivity index (χ1) is 11.6. The standard InChI is InChI=1S/C19H19ClN2O2/c20-16-10-4-3-9-15(16)19(24)21-12-18(23)22-17-11-5-7-13-6-1-2-8-14(13)17/h1-4,6,8-10,17H,5,7,11-12H2,(H,21,24)(H,22,23)/t17-/m0/s1. The van der Waals surface area contributed by atoms with Gasteiger partial charge in [0.25, 0.3) is 5.91 Å². The predicted octanol–water partition coefficient (Wildman–Crippen LogP) is 3.26. The maximum Gasteiger partial charge on any atom is 0.253 e. The quantitative estimate of drug-likeness (QED) is 0.896. The summed E-state index contributed by atoms with van der Waals surface area (Å²) >= 11 is 5.98. The van der Waals surface area contributed by atoms with E-state index in [1.807, 2.05) is 12.1 Å². The monoisotopic (exact) mass is 342 g/mol. The number of amides is 2. The van der Waals surface area contributed by atoms with Crippen LogP contribution in [-0.2, 0) is 11.2 Å². The van der Waals surface area contributed by atoms with Crippen LogP contribution < -0.4 is 10.6 Å². The van der Waals surface area contributed by atoms with Crippen LogP contribution in [0.3, 0.4) is 0 Å². The van der Waals surface area contributed by atoms with Gasteiger partial charge >= 0.3 is 0 Å². The zero-order valence-electron chi connectivity index (χ0n) is 13.2. The van der Waals surface area contributed by atoms with E-state index in [4.69, 9.17) is 11.6 Å². The molecule has 0 fully saturated rings. The summed E-state index contributed by atoms with van der Waals surface area (Å²) in [5, 5.41) is 6.00. The number of halogens is 1. The van der Waals surface area contributed by atoms with Crippen LogP contribution in [0.25, 0.3) is 0 Å². The molecule has 3 rings (SSSR count).